The van der Waals surface area contributed by atoms with E-state index in [2.05, 4.69) is 15.0 Å². The lowest BCUT2D eigenvalue weighted by Gasteiger charge is -2.01. The smallest absolute Gasteiger partial charge is 0.303 e. The molecule has 3 heterocycles. The van der Waals surface area contributed by atoms with E-state index in [1.165, 1.54) is 0 Å². The fourth-order valence-corrected chi connectivity index (χ4v) is 2.03. The number of pyridine rings is 1. The Morgan fingerprint density at radius 3 is 3.00 bits per heavy atom. The number of carbonyl (C=O) groups is 1. The van der Waals surface area contributed by atoms with Gasteiger partial charge in [0.2, 0.25) is 0 Å². The highest BCUT2D eigenvalue weighted by Crippen LogP contribution is 2.21. The van der Waals surface area contributed by atoms with E-state index in [9.17, 15) is 4.79 Å². The summed E-state index contributed by atoms with van der Waals surface area (Å²) in [7, 11) is 0. The highest BCUT2D eigenvalue weighted by Gasteiger charge is 2.10. The molecule has 100 valence electrons. The first-order chi connectivity index (χ1) is 9.74. The molecule has 20 heavy (non-hydrogen) atoms. The Balaban J connectivity index is 2.04. The quantitative estimate of drug-likeness (QED) is 0.780. The Labute approximate surface area is 114 Å². The number of nitrogens with zero attached hydrogens (tertiary/aromatic N) is 4. The second-order valence-electron chi connectivity index (χ2n) is 4.38. The molecule has 3 aromatic heterocycles. The molecular formula is C14H12N4O2. The number of carboxylic acids is 1. The normalized spacial score (nSPS) is 10.8. The van der Waals surface area contributed by atoms with E-state index in [1.807, 2.05) is 18.2 Å². The Kier molecular flexibility index (Phi) is 3.12. The molecule has 0 saturated carbocycles. The van der Waals surface area contributed by atoms with Gasteiger partial charge in [-0.05, 0) is 12.1 Å². The van der Waals surface area contributed by atoms with Crippen molar-refractivity contribution in [1.29, 1.82) is 0 Å². The number of carboxylic acid groups (broad SMARTS) is 1. The van der Waals surface area contributed by atoms with Crippen molar-refractivity contribution in [3.63, 3.8) is 0 Å². The summed E-state index contributed by atoms with van der Waals surface area (Å²) in [6.45, 7) is 0. The lowest BCUT2D eigenvalue weighted by Crippen LogP contribution is -1.97. The second kappa shape index (κ2) is 5.08. The van der Waals surface area contributed by atoms with Gasteiger partial charge in [0.05, 0.1) is 23.4 Å². The van der Waals surface area contributed by atoms with Crippen LogP contribution in [-0.4, -0.2) is 30.4 Å². The third kappa shape index (κ3) is 2.35. The van der Waals surface area contributed by atoms with Gasteiger partial charge in [-0.1, -0.05) is 6.07 Å². The molecule has 0 bridgehead atoms. The van der Waals surface area contributed by atoms with E-state index >= 15 is 0 Å². The van der Waals surface area contributed by atoms with Crippen LogP contribution in [0.5, 0.6) is 0 Å². The zero-order chi connectivity index (χ0) is 13.9. The van der Waals surface area contributed by atoms with Crippen LogP contribution < -0.4 is 0 Å². The molecule has 0 unspecified atom stereocenters. The average molecular weight is 268 g/mol. The van der Waals surface area contributed by atoms with E-state index in [0.29, 0.717) is 6.42 Å². The number of aryl methyl sites for hydroxylation is 1. The molecule has 0 radical (unpaired) electrons. The molecule has 1 N–H and O–H groups in total. The van der Waals surface area contributed by atoms with E-state index < -0.39 is 5.97 Å². The largest absolute Gasteiger partial charge is 0.481 e. The van der Waals surface area contributed by atoms with Gasteiger partial charge in [0.15, 0.2) is 0 Å². The first-order valence-electron chi connectivity index (χ1n) is 6.19. The molecule has 0 spiro atoms. The highest BCUT2D eigenvalue weighted by atomic mass is 16.4. The van der Waals surface area contributed by atoms with Crippen LogP contribution in [0.2, 0.25) is 0 Å². The fraction of sp³-hybridized carbons (Fsp3) is 0.143. The molecule has 0 atom stereocenters. The topological polar surface area (TPSA) is 80.4 Å². The molecule has 0 aromatic carbocycles. The van der Waals surface area contributed by atoms with Crippen molar-refractivity contribution < 1.29 is 9.90 Å². The van der Waals surface area contributed by atoms with Gasteiger partial charge in [-0.25, -0.2) is 9.97 Å². The van der Waals surface area contributed by atoms with Gasteiger partial charge in [-0.3, -0.25) is 14.2 Å². The van der Waals surface area contributed by atoms with Crippen LogP contribution in [0.3, 0.4) is 0 Å². The lowest BCUT2D eigenvalue weighted by atomic mass is 10.2. The van der Waals surface area contributed by atoms with Crippen molar-refractivity contribution >= 4 is 11.6 Å². The van der Waals surface area contributed by atoms with Gasteiger partial charge in [0.1, 0.15) is 12.0 Å². The number of aliphatic carboxylic acids is 1. The molecule has 6 nitrogen and oxygen atoms in total. The minimum Gasteiger partial charge on any atom is -0.481 e. The summed E-state index contributed by atoms with van der Waals surface area (Å²) in [4.78, 5) is 23.6. The molecule has 6 heteroatoms. The Morgan fingerprint density at radius 2 is 2.25 bits per heavy atom. The summed E-state index contributed by atoms with van der Waals surface area (Å²) < 4.78 is 1.79. The van der Waals surface area contributed by atoms with Gasteiger partial charge in [-0.2, -0.15) is 0 Å². The molecule has 0 aliphatic rings. The molecule has 0 aliphatic heterocycles. The van der Waals surface area contributed by atoms with Crippen LogP contribution in [0.1, 0.15) is 12.1 Å². The Hall–Kier alpha value is -2.76. The van der Waals surface area contributed by atoms with Crippen LogP contribution in [0.4, 0.5) is 0 Å². The maximum atomic E-state index is 10.6. The van der Waals surface area contributed by atoms with Crippen LogP contribution in [-0.2, 0) is 11.2 Å². The maximum absolute atomic E-state index is 10.6. The monoisotopic (exact) mass is 268 g/mol. The number of fused-ring (bicyclic) bond motifs is 1. The standard InChI is InChI=1S/C14H12N4O2/c19-13(20)5-4-10-8-18-9-15-7-11(14(18)17-10)12-3-1-2-6-16-12/h1-3,6-9H,4-5H2,(H,19,20). The fourth-order valence-electron chi connectivity index (χ4n) is 2.03. The molecule has 0 aliphatic carbocycles. The van der Waals surface area contributed by atoms with Gasteiger partial charge in [-0.15, -0.1) is 0 Å². The van der Waals surface area contributed by atoms with Gasteiger partial charge in [0.25, 0.3) is 0 Å². The molecule has 0 fully saturated rings. The Bertz CT molecular complexity index is 752. The highest BCUT2D eigenvalue weighted by molar-refractivity contribution is 5.74. The number of hydrogen-bond donors (Lipinski definition) is 1. The summed E-state index contributed by atoms with van der Waals surface area (Å²) in [6, 6.07) is 5.64. The summed E-state index contributed by atoms with van der Waals surface area (Å²) in [6.07, 6.45) is 7.35. The van der Waals surface area contributed by atoms with E-state index in [0.717, 1.165) is 22.6 Å². The van der Waals surface area contributed by atoms with Crippen LogP contribution in [0, 0.1) is 0 Å². The summed E-state index contributed by atoms with van der Waals surface area (Å²) in [5, 5.41) is 8.73. The minimum absolute atomic E-state index is 0.0657. The van der Waals surface area contributed by atoms with Crippen molar-refractivity contribution in [3.05, 3.63) is 48.8 Å². The van der Waals surface area contributed by atoms with E-state index in [1.54, 1.807) is 29.3 Å². The molecule has 0 saturated heterocycles. The summed E-state index contributed by atoms with van der Waals surface area (Å²) in [5.41, 5.74) is 3.09. The molecular weight excluding hydrogens is 256 g/mol. The van der Waals surface area contributed by atoms with E-state index in [4.69, 9.17) is 5.11 Å². The first kappa shape index (κ1) is 12.3. The lowest BCUT2D eigenvalue weighted by molar-refractivity contribution is -0.136. The van der Waals surface area contributed by atoms with Crippen molar-refractivity contribution in [2.45, 2.75) is 12.8 Å². The third-order valence-corrected chi connectivity index (χ3v) is 2.95. The SMILES string of the molecule is O=C(O)CCc1cn2cncc(-c3ccccn3)c2n1. The number of rotatable bonds is 4. The summed E-state index contributed by atoms with van der Waals surface area (Å²) >= 11 is 0. The minimum atomic E-state index is -0.829. The number of hydrogen-bond acceptors (Lipinski definition) is 4. The van der Waals surface area contributed by atoms with Crippen molar-refractivity contribution in [1.82, 2.24) is 19.4 Å². The van der Waals surface area contributed by atoms with Crippen LogP contribution >= 0.6 is 0 Å². The number of imidazole rings is 1. The van der Waals surface area contributed by atoms with Gasteiger partial charge >= 0.3 is 5.97 Å². The Morgan fingerprint density at radius 1 is 1.35 bits per heavy atom. The number of aromatic nitrogens is 4. The maximum Gasteiger partial charge on any atom is 0.303 e. The van der Waals surface area contributed by atoms with Crippen molar-refractivity contribution in [2.75, 3.05) is 0 Å². The first-order valence-corrected chi connectivity index (χ1v) is 6.19. The van der Waals surface area contributed by atoms with Crippen LogP contribution in [0.15, 0.2) is 43.1 Å². The molecule has 3 rings (SSSR count). The predicted octanol–water partition coefficient (Wildman–Crippen LogP) is 1.81. The molecule has 0 amide bonds. The van der Waals surface area contributed by atoms with Crippen molar-refractivity contribution in [3.8, 4) is 11.3 Å². The van der Waals surface area contributed by atoms with Crippen LogP contribution in [0.25, 0.3) is 16.9 Å². The third-order valence-electron chi connectivity index (χ3n) is 2.95. The van der Waals surface area contributed by atoms with Crippen molar-refractivity contribution in [2.24, 2.45) is 0 Å². The molecule has 3 aromatic rings. The predicted molar refractivity (Wildman–Crippen MR) is 72.2 cm³/mol. The van der Waals surface area contributed by atoms with Gasteiger partial charge < -0.3 is 5.11 Å². The summed E-state index contributed by atoms with van der Waals surface area (Å²) in [5.74, 6) is -0.829. The second-order valence-corrected chi connectivity index (χ2v) is 4.38. The zero-order valence-corrected chi connectivity index (χ0v) is 10.6. The van der Waals surface area contributed by atoms with Gasteiger partial charge in [0, 0.05) is 25.0 Å². The van der Waals surface area contributed by atoms with E-state index in [-0.39, 0.29) is 6.42 Å². The average Bonchev–Trinajstić information content (AvgIpc) is 2.89. The zero-order valence-electron chi connectivity index (χ0n) is 10.6.